The minimum Gasteiger partial charge on any atom is -0.496 e. The third-order valence-electron chi connectivity index (χ3n) is 2.51. The van der Waals surface area contributed by atoms with Gasteiger partial charge in [-0.3, -0.25) is 4.72 Å². The highest BCUT2D eigenvalue weighted by molar-refractivity contribution is 9.10. The van der Waals surface area contributed by atoms with Crippen molar-refractivity contribution in [3.8, 4) is 5.75 Å². The van der Waals surface area contributed by atoms with Gasteiger partial charge in [-0.2, -0.15) is 0 Å². The summed E-state index contributed by atoms with van der Waals surface area (Å²) in [5.74, 6) is 0.0100. The summed E-state index contributed by atoms with van der Waals surface area (Å²) in [5.41, 5.74) is 0.164. The molecule has 2 aromatic carbocycles. The van der Waals surface area contributed by atoms with Gasteiger partial charge >= 0.3 is 0 Å². The van der Waals surface area contributed by atoms with Gasteiger partial charge in [0.1, 0.15) is 11.6 Å². The molecule has 4 nitrogen and oxygen atoms in total. The molecule has 20 heavy (non-hydrogen) atoms. The van der Waals surface area contributed by atoms with E-state index in [2.05, 4.69) is 20.7 Å². The summed E-state index contributed by atoms with van der Waals surface area (Å²) < 4.78 is 45.2. The molecule has 0 aliphatic heterocycles. The SMILES string of the molecule is COc1ccc(S(=O)(=O)Nc2cccc(F)c2)cc1Br. The fourth-order valence-corrected chi connectivity index (χ4v) is 3.35. The van der Waals surface area contributed by atoms with Crippen molar-refractivity contribution in [2.45, 2.75) is 4.90 Å². The van der Waals surface area contributed by atoms with Crippen molar-refractivity contribution in [2.24, 2.45) is 0 Å². The van der Waals surface area contributed by atoms with E-state index in [1.165, 1.54) is 43.5 Å². The molecule has 0 aromatic heterocycles. The van der Waals surface area contributed by atoms with E-state index in [0.717, 1.165) is 6.07 Å². The summed E-state index contributed by atoms with van der Waals surface area (Å²) in [7, 11) is -2.29. The Hall–Kier alpha value is -1.60. The first kappa shape index (κ1) is 14.8. The fourth-order valence-electron chi connectivity index (χ4n) is 1.58. The van der Waals surface area contributed by atoms with Gasteiger partial charge in [-0.05, 0) is 52.3 Å². The summed E-state index contributed by atoms with van der Waals surface area (Å²) in [6.07, 6.45) is 0. The predicted molar refractivity (Wildman–Crippen MR) is 77.9 cm³/mol. The van der Waals surface area contributed by atoms with Gasteiger partial charge in [0, 0.05) is 0 Å². The molecule has 0 spiro atoms. The van der Waals surface area contributed by atoms with E-state index in [9.17, 15) is 12.8 Å². The van der Waals surface area contributed by atoms with E-state index < -0.39 is 15.8 Å². The number of methoxy groups -OCH3 is 1. The number of anilines is 1. The maximum absolute atomic E-state index is 13.0. The minimum atomic E-state index is -3.78. The maximum atomic E-state index is 13.0. The molecule has 0 radical (unpaired) electrons. The Bertz CT molecular complexity index is 734. The lowest BCUT2D eigenvalue weighted by Gasteiger charge is -2.10. The Kier molecular flexibility index (Phi) is 4.29. The smallest absolute Gasteiger partial charge is 0.261 e. The molecule has 0 aliphatic rings. The summed E-state index contributed by atoms with van der Waals surface area (Å²) in [6, 6.07) is 9.60. The number of hydrogen-bond donors (Lipinski definition) is 1. The highest BCUT2D eigenvalue weighted by Crippen LogP contribution is 2.28. The monoisotopic (exact) mass is 359 g/mol. The van der Waals surface area contributed by atoms with Crippen LogP contribution in [-0.2, 0) is 10.0 Å². The zero-order valence-electron chi connectivity index (χ0n) is 10.4. The number of ether oxygens (including phenoxy) is 1. The summed E-state index contributed by atoms with van der Waals surface area (Å²) >= 11 is 3.22. The lowest BCUT2D eigenvalue weighted by atomic mass is 10.3. The second kappa shape index (κ2) is 5.80. The molecule has 0 fully saturated rings. The molecule has 0 bridgehead atoms. The van der Waals surface area contributed by atoms with E-state index in [0.29, 0.717) is 10.2 Å². The number of rotatable bonds is 4. The second-order valence-electron chi connectivity index (χ2n) is 3.91. The third kappa shape index (κ3) is 3.29. The van der Waals surface area contributed by atoms with Crippen LogP contribution in [0, 0.1) is 5.82 Å². The van der Waals surface area contributed by atoms with Gasteiger partial charge in [0.05, 0.1) is 22.2 Å². The second-order valence-corrected chi connectivity index (χ2v) is 6.45. The van der Waals surface area contributed by atoms with Gasteiger partial charge in [-0.15, -0.1) is 0 Å². The molecule has 0 saturated heterocycles. The first-order valence-corrected chi connectivity index (χ1v) is 7.82. The van der Waals surface area contributed by atoms with Crippen molar-refractivity contribution in [2.75, 3.05) is 11.8 Å². The van der Waals surface area contributed by atoms with Crippen molar-refractivity contribution in [1.29, 1.82) is 0 Å². The van der Waals surface area contributed by atoms with Crippen LogP contribution in [0.1, 0.15) is 0 Å². The van der Waals surface area contributed by atoms with Crippen LogP contribution >= 0.6 is 15.9 Å². The molecular formula is C13H11BrFNO3S. The number of benzene rings is 2. The zero-order valence-corrected chi connectivity index (χ0v) is 12.8. The Balaban J connectivity index is 2.33. The molecule has 0 saturated carbocycles. The average molecular weight is 360 g/mol. The average Bonchev–Trinajstić information content (AvgIpc) is 2.38. The topological polar surface area (TPSA) is 55.4 Å². The summed E-state index contributed by atoms with van der Waals surface area (Å²) in [6.45, 7) is 0. The summed E-state index contributed by atoms with van der Waals surface area (Å²) in [4.78, 5) is 0.0504. The van der Waals surface area contributed by atoms with Crippen molar-refractivity contribution in [3.63, 3.8) is 0 Å². The van der Waals surface area contributed by atoms with Crippen LogP contribution in [0.5, 0.6) is 5.75 Å². The molecule has 0 heterocycles. The van der Waals surface area contributed by atoms with Crippen LogP contribution in [0.3, 0.4) is 0 Å². The van der Waals surface area contributed by atoms with Gasteiger partial charge in [-0.1, -0.05) is 6.07 Å². The summed E-state index contributed by atoms with van der Waals surface area (Å²) in [5, 5.41) is 0. The van der Waals surface area contributed by atoms with Crippen molar-refractivity contribution in [1.82, 2.24) is 0 Å². The first-order valence-electron chi connectivity index (χ1n) is 5.54. The normalized spacial score (nSPS) is 11.2. The van der Waals surface area contributed by atoms with E-state index in [1.807, 2.05) is 0 Å². The number of hydrogen-bond acceptors (Lipinski definition) is 3. The Morgan fingerprint density at radius 2 is 1.95 bits per heavy atom. The van der Waals surface area contributed by atoms with Gasteiger partial charge in [-0.25, -0.2) is 12.8 Å². The van der Waals surface area contributed by atoms with Crippen molar-refractivity contribution >= 4 is 31.6 Å². The van der Waals surface area contributed by atoms with Crippen LogP contribution in [0.4, 0.5) is 10.1 Å². The quantitative estimate of drug-likeness (QED) is 0.909. The molecule has 0 atom stereocenters. The Morgan fingerprint density at radius 3 is 2.55 bits per heavy atom. The maximum Gasteiger partial charge on any atom is 0.261 e. The zero-order chi connectivity index (χ0) is 14.8. The Morgan fingerprint density at radius 1 is 1.20 bits per heavy atom. The van der Waals surface area contributed by atoms with Crippen LogP contribution in [0.15, 0.2) is 51.8 Å². The highest BCUT2D eigenvalue weighted by Gasteiger charge is 2.16. The van der Waals surface area contributed by atoms with Crippen LogP contribution < -0.4 is 9.46 Å². The minimum absolute atomic E-state index is 0.0504. The van der Waals surface area contributed by atoms with Gasteiger partial charge < -0.3 is 4.74 Å². The predicted octanol–water partition coefficient (Wildman–Crippen LogP) is 3.40. The van der Waals surface area contributed by atoms with Crippen LogP contribution in [-0.4, -0.2) is 15.5 Å². The van der Waals surface area contributed by atoms with E-state index in [1.54, 1.807) is 0 Å². The molecule has 2 rings (SSSR count). The number of halogens is 2. The molecule has 2 aromatic rings. The fraction of sp³-hybridized carbons (Fsp3) is 0.0769. The van der Waals surface area contributed by atoms with Gasteiger partial charge in [0.25, 0.3) is 10.0 Å². The van der Waals surface area contributed by atoms with Gasteiger partial charge in [0.2, 0.25) is 0 Å². The van der Waals surface area contributed by atoms with Crippen molar-refractivity contribution in [3.05, 3.63) is 52.8 Å². The first-order chi connectivity index (χ1) is 9.42. The molecule has 0 amide bonds. The molecule has 7 heteroatoms. The lowest BCUT2D eigenvalue weighted by molar-refractivity contribution is 0.411. The van der Waals surface area contributed by atoms with E-state index >= 15 is 0 Å². The van der Waals surface area contributed by atoms with Gasteiger partial charge in [0.15, 0.2) is 0 Å². The number of sulfonamides is 1. The largest absolute Gasteiger partial charge is 0.496 e. The molecule has 0 aliphatic carbocycles. The molecular weight excluding hydrogens is 349 g/mol. The van der Waals surface area contributed by atoms with Crippen LogP contribution in [0.2, 0.25) is 0 Å². The van der Waals surface area contributed by atoms with Crippen LogP contribution in [0.25, 0.3) is 0 Å². The molecule has 106 valence electrons. The van der Waals surface area contributed by atoms with E-state index in [4.69, 9.17) is 4.74 Å². The standard InChI is InChI=1S/C13H11BrFNO3S/c1-19-13-6-5-11(8-12(13)14)20(17,18)16-10-4-2-3-9(15)7-10/h2-8,16H,1H3. The lowest BCUT2D eigenvalue weighted by Crippen LogP contribution is -2.13. The van der Waals surface area contributed by atoms with Crippen molar-refractivity contribution < 1.29 is 17.5 Å². The third-order valence-corrected chi connectivity index (χ3v) is 4.51. The number of nitrogens with one attached hydrogen (secondary N) is 1. The Labute approximate surface area is 124 Å². The molecule has 1 N–H and O–H groups in total. The highest BCUT2D eigenvalue weighted by atomic mass is 79.9. The van der Waals surface area contributed by atoms with E-state index in [-0.39, 0.29) is 10.6 Å². The molecule has 0 unspecified atom stereocenters.